The first kappa shape index (κ1) is 25.8. The summed E-state index contributed by atoms with van der Waals surface area (Å²) in [5.41, 5.74) is 6.01. The van der Waals surface area contributed by atoms with Crippen LogP contribution in [0.3, 0.4) is 0 Å². The molecule has 0 saturated carbocycles. The Hall–Kier alpha value is -3.22. The van der Waals surface area contributed by atoms with Gasteiger partial charge in [0.05, 0.1) is 18.8 Å². The summed E-state index contributed by atoms with van der Waals surface area (Å²) in [6.45, 7) is 1.95. The highest BCUT2D eigenvalue weighted by Gasteiger charge is 2.30. The molecule has 0 saturated heterocycles. The van der Waals surface area contributed by atoms with E-state index in [2.05, 4.69) is 16.0 Å². The van der Waals surface area contributed by atoms with Gasteiger partial charge in [0, 0.05) is 6.42 Å². The van der Waals surface area contributed by atoms with Gasteiger partial charge < -0.3 is 42.1 Å². The molecule has 12 heteroatoms. The number of aliphatic hydroxyl groups excluding tert-OH is 2. The van der Waals surface area contributed by atoms with Gasteiger partial charge in [0.15, 0.2) is 6.04 Å². The van der Waals surface area contributed by atoms with Gasteiger partial charge in [-0.05, 0) is 31.5 Å². The van der Waals surface area contributed by atoms with Gasteiger partial charge in [-0.25, -0.2) is 4.79 Å². The van der Waals surface area contributed by atoms with Crippen LogP contribution in [0.15, 0.2) is 24.3 Å². The Kier molecular flexibility index (Phi) is 9.86. The van der Waals surface area contributed by atoms with Crippen molar-refractivity contribution in [1.82, 2.24) is 16.0 Å². The van der Waals surface area contributed by atoms with Gasteiger partial charge in [0.25, 0.3) is 0 Å². The van der Waals surface area contributed by atoms with Gasteiger partial charge >= 0.3 is 5.97 Å². The standard InChI is InChI=1S/C19H28N4O8/c1-9(24)15(20)18(29)21-8-14(27)22-13(7-11-3-5-12(26)6-4-11)17(28)23-16(10(2)25)19(30)31/h3-6,9-10,13,15-16,24-26H,7-8,20H2,1-2H3,(H,21,29)(H,22,27)(H,23,28)(H,30,31). The number of carboxylic acids is 1. The van der Waals surface area contributed by atoms with Crippen LogP contribution in [0.4, 0.5) is 0 Å². The van der Waals surface area contributed by atoms with E-state index < -0.39 is 60.6 Å². The number of phenolic OH excluding ortho intramolecular Hbond substituents is 1. The fourth-order valence-corrected chi connectivity index (χ4v) is 2.47. The number of carboxylic acid groups (broad SMARTS) is 1. The van der Waals surface area contributed by atoms with Gasteiger partial charge in [-0.15, -0.1) is 0 Å². The second-order valence-electron chi connectivity index (χ2n) is 7.04. The third kappa shape index (κ3) is 8.58. The van der Waals surface area contributed by atoms with E-state index in [4.69, 9.17) is 10.8 Å². The van der Waals surface area contributed by atoms with E-state index >= 15 is 0 Å². The molecule has 1 aromatic rings. The molecular formula is C19H28N4O8. The van der Waals surface area contributed by atoms with Crippen LogP contribution in [0.5, 0.6) is 5.75 Å². The molecule has 172 valence electrons. The minimum absolute atomic E-state index is 0.00834. The number of phenols is 1. The summed E-state index contributed by atoms with van der Waals surface area (Å²) in [5.74, 6) is -3.89. The van der Waals surface area contributed by atoms with Crippen molar-refractivity contribution < 1.29 is 39.6 Å². The van der Waals surface area contributed by atoms with E-state index in [1.807, 2.05) is 0 Å². The van der Waals surface area contributed by atoms with Crippen molar-refractivity contribution in [3.8, 4) is 5.75 Å². The molecule has 31 heavy (non-hydrogen) atoms. The Bertz CT molecular complexity index is 782. The number of carbonyl (C=O) groups excluding carboxylic acids is 3. The summed E-state index contributed by atoms with van der Waals surface area (Å²) in [6, 6.07) is 1.67. The van der Waals surface area contributed by atoms with Crippen LogP contribution in [-0.4, -0.2) is 81.0 Å². The molecule has 0 aliphatic heterocycles. The number of hydrogen-bond donors (Lipinski definition) is 8. The number of aliphatic carboxylic acids is 1. The van der Waals surface area contributed by atoms with Crippen molar-refractivity contribution in [2.45, 2.75) is 50.6 Å². The van der Waals surface area contributed by atoms with Crippen molar-refractivity contribution in [1.29, 1.82) is 0 Å². The molecule has 3 amide bonds. The molecule has 0 bridgehead atoms. The Labute approximate surface area is 178 Å². The van der Waals surface area contributed by atoms with E-state index in [1.54, 1.807) is 0 Å². The van der Waals surface area contributed by atoms with Gasteiger partial charge in [-0.3, -0.25) is 14.4 Å². The Morgan fingerprint density at radius 2 is 1.55 bits per heavy atom. The average molecular weight is 440 g/mol. The second-order valence-corrected chi connectivity index (χ2v) is 7.04. The lowest BCUT2D eigenvalue weighted by molar-refractivity contribution is -0.145. The van der Waals surface area contributed by atoms with Gasteiger partial charge in [0.1, 0.15) is 17.8 Å². The molecule has 0 radical (unpaired) electrons. The number of hydrogen-bond acceptors (Lipinski definition) is 8. The molecule has 0 fully saturated rings. The Morgan fingerprint density at radius 3 is 2.03 bits per heavy atom. The van der Waals surface area contributed by atoms with Crippen LogP contribution in [0.2, 0.25) is 0 Å². The van der Waals surface area contributed by atoms with Crippen molar-refractivity contribution >= 4 is 23.7 Å². The van der Waals surface area contributed by atoms with E-state index in [0.717, 1.165) is 0 Å². The second kappa shape index (κ2) is 11.8. The third-order valence-electron chi connectivity index (χ3n) is 4.32. The first-order valence-corrected chi connectivity index (χ1v) is 9.42. The smallest absolute Gasteiger partial charge is 0.328 e. The van der Waals surface area contributed by atoms with Crippen LogP contribution < -0.4 is 21.7 Å². The molecule has 9 N–H and O–H groups in total. The molecule has 1 aromatic carbocycles. The summed E-state index contributed by atoms with van der Waals surface area (Å²) >= 11 is 0. The highest BCUT2D eigenvalue weighted by molar-refractivity contribution is 5.92. The first-order chi connectivity index (χ1) is 14.4. The molecule has 0 aliphatic carbocycles. The molecule has 0 heterocycles. The van der Waals surface area contributed by atoms with Crippen molar-refractivity contribution in [3.63, 3.8) is 0 Å². The van der Waals surface area contributed by atoms with Crippen LogP contribution in [0.25, 0.3) is 0 Å². The van der Waals surface area contributed by atoms with Crippen LogP contribution in [-0.2, 0) is 25.6 Å². The Morgan fingerprint density at radius 1 is 0.968 bits per heavy atom. The highest BCUT2D eigenvalue weighted by Crippen LogP contribution is 2.12. The van der Waals surface area contributed by atoms with Crippen LogP contribution >= 0.6 is 0 Å². The number of amides is 3. The van der Waals surface area contributed by atoms with Crippen molar-refractivity contribution in [2.24, 2.45) is 5.73 Å². The number of aliphatic hydroxyl groups is 2. The maximum Gasteiger partial charge on any atom is 0.328 e. The number of nitrogens with two attached hydrogens (primary N) is 1. The fourth-order valence-electron chi connectivity index (χ4n) is 2.47. The maximum atomic E-state index is 12.6. The fraction of sp³-hybridized carbons (Fsp3) is 0.474. The van der Waals surface area contributed by atoms with Gasteiger partial charge in [-0.1, -0.05) is 12.1 Å². The highest BCUT2D eigenvalue weighted by atomic mass is 16.4. The average Bonchev–Trinajstić information content (AvgIpc) is 2.69. The minimum atomic E-state index is -1.60. The van der Waals surface area contributed by atoms with E-state index in [1.165, 1.54) is 38.1 Å². The zero-order chi connectivity index (χ0) is 23.7. The maximum absolute atomic E-state index is 12.6. The Balaban J connectivity index is 2.89. The number of rotatable bonds is 11. The van der Waals surface area contributed by atoms with Crippen LogP contribution in [0.1, 0.15) is 19.4 Å². The predicted molar refractivity (Wildman–Crippen MR) is 108 cm³/mol. The molecule has 5 atom stereocenters. The lowest BCUT2D eigenvalue weighted by Crippen LogP contribution is -2.56. The number of benzene rings is 1. The summed E-state index contributed by atoms with van der Waals surface area (Å²) in [6.07, 6.45) is -2.59. The van der Waals surface area contributed by atoms with Gasteiger partial charge in [0.2, 0.25) is 17.7 Å². The topological polar surface area (TPSA) is 211 Å². The first-order valence-electron chi connectivity index (χ1n) is 9.42. The molecule has 5 unspecified atom stereocenters. The molecule has 0 aromatic heterocycles. The monoisotopic (exact) mass is 440 g/mol. The number of nitrogens with one attached hydrogen (secondary N) is 3. The summed E-state index contributed by atoms with van der Waals surface area (Å²) in [4.78, 5) is 47.9. The molecule has 1 rings (SSSR count). The number of carbonyl (C=O) groups is 4. The molecule has 0 spiro atoms. The van der Waals surface area contributed by atoms with Gasteiger partial charge in [-0.2, -0.15) is 0 Å². The molecular weight excluding hydrogens is 412 g/mol. The SMILES string of the molecule is CC(O)C(N)C(=O)NCC(=O)NC(Cc1ccc(O)cc1)C(=O)NC(C(=O)O)C(C)O. The van der Waals surface area contributed by atoms with Crippen molar-refractivity contribution in [3.05, 3.63) is 29.8 Å². The van der Waals surface area contributed by atoms with E-state index in [9.17, 15) is 34.5 Å². The zero-order valence-electron chi connectivity index (χ0n) is 17.1. The lowest BCUT2D eigenvalue weighted by Gasteiger charge is -2.23. The largest absolute Gasteiger partial charge is 0.508 e. The van der Waals surface area contributed by atoms with E-state index in [0.29, 0.717) is 5.56 Å². The summed E-state index contributed by atoms with van der Waals surface area (Å²) in [5, 5.41) is 44.2. The molecule has 12 nitrogen and oxygen atoms in total. The zero-order valence-corrected chi connectivity index (χ0v) is 17.1. The quantitative estimate of drug-likeness (QED) is 0.178. The minimum Gasteiger partial charge on any atom is -0.508 e. The summed E-state index contributed by atoms with van der Waals surface area (Å²) in [7, 11) is 0. The van der Waals surface area contributed by atoms with E-state index in [-0.39, 0.29) is 12.2 Å². The normalized spacial score (nSPS) is 15.6. The number of aromatic hydroxyl groups is 1. The lowest BCUT2D eigenvalue weighted by atomic mass is 10.0. The summed E-state index contributed by atoms with van der Waals surface area (Å²) < 4.78 is 0. The van der Waals surface area contributed by atoms with Crippen LogP contribution in [0, 0.1) is 0 Å². The third-order valence-corrected chi connectivity index (χ3v) is 4.32. The van der Waals surface area contributed by atoms with Crippen molar-refractivity contribution in [2.75, 3.05) is 6.54 Å². The molecule has 0 aliphatic rings. The predicted octanol–water partition coefficient (Wildman–Crippen LogP) is -2.81.